The van der Waals surface area contributed by atoms with Crippen LogP contribution in [0.15, 0.2) is 11.4 Å². The van der Waals surface area contributed by atoms with Crippen LogP contribution in [0.5, 0.6) is 0 Å². The number of imidazole rings is 1. The van der Waals surface area contributed by atoms with Crippen molar-refractivity contribution in [3.8, 4) is 0 Å². The number of aliphatic carboxylic acids is 1. The van der Waals surface area contributed by atoms with Crippen molar-refractivity contribution in [3.05, 3.63) is 11.9 Å². The molecule has 2 heterocycles. The smallest absolute Gasteiger partial charge is 0.313 e. The molecule has 1 aliphatic heterocycles. The highest BCUT2D eigenvalue weighted by Gasteiger charge is 2.34. The summed E-state index contributed by atoms with van der Waals surface area (Å²) in [5.41, 5.74) is 1.01. The van der Waals surface area contributed by atoms with Crippen molar-refractivity contribution < 1.29 is 14.6 Å². The maximum Gasteiger partial charge on any atom is 0.313 e. The summed E-state index contributed by atoms with van der Waals surface area (Å²) in [7, 11) is 0. The van der Waals surface area contributed by atoms with E-state index < -0.39 is 5.97 Å². The van der Waals surface area contributed by atoms with E-state index in [0.29, 0.717) is 12.5 Å². The molecule has 1 aromatic heterocycles. The average Bonchev–Trinajstić information content (AvgIpc) is 2.82. The van der Waals surface area contributed by atoms with E-state index in [0.717, 1.165) is 30.3 Å². The van der Waals surface area contributed by atoms with Gasteiger partial charge in [0.1, 0.15) is 0 Å². The fourth-order valence-electron chi connectivity index (χ4n) is 2.62. The van der Waals surface area contributed by atoms with Gasteiger partial charge in [-0.1, -0.05) is 25.6 Å². The third-order valence-electron chi connectivity index (χ3n) is 3.63. The molecule has 0 spiro atoms. The van der Waals surface area contributed by atoms with Gasteiger partial charge >= 0.3 is 5.97 Å². The Balaban J connectivity index is 2.35. The molecule has 0 radical (unpaired) electrons. The van der Waals surface area contributed by atoms with Crippen LogP contribution in [0.25, 0.3) is 0 Å². The van der Waals surface area contributed by atoms with Gasteiger partial charge in [0.15, 0.2) is 5.16 Å². The molecule has 0 aromatic carbocycles. The predicted molar refractivity (Wildman–Crippen MR) is 78.4 cm³/mol. The summed E-state index contributed by atoms with van der Waals surface area (Å²) >= 11 is 1.28. The SMILES string of the molecule is CC(C)c1cnc(SCC(=O)O)n1C1(C)CCCOC1. The first-order chi connectivity index (χ1) is 9.44. The Hall–Kier alpha value is -1.01. The fourth-order valence-corrected chi connectivity index (χ4v) is 3.46. The van der Waals surface area contributed by atoms with Gasteiger partial charge in [0.2, 0.25) is 0 Å². The van der Waals surface area contributed by atoms with Crippen LogP contribution in [0, 0.1) is 0 Å². The van der Waals surface area contributed by atoms with Crippen LogP contribution in [-0.4, -0.2) is 39.6 Å². The van der Waals surface area contributed by atoms with Gasteiger partial charge in [0.25, 0.3) is 0 Å². The molecular weight excluding hydrogens is 276 g/mol. The van der Waals surface area contributed by atoms with E-state index in [1.165, 1.54) is 11.8 Å². The maximum atomic E-state index is 10.8. The normalized spacial score (nSPS) is 23.2. The molecule has 20 heavy (non-hydrogen) atoms. The van der Waals surface area contributed by atoms with Crippen molar-refractivity contribution >= 4 is 17.7 Å². The molecule has 0 aliphatic carbocycles. The second-order valence-corrected chi connectivity index (χ2v) is 6.73. The first-order valence-corrected chi connectivity index (χ1v) is 7.93. The van der Waals surface area contributed by atoms with Crippen LogP contribution in [0.3, 0.4) is 0 Å². The summed E-state index contributed by atoms with van der Waals surface area (Å²) in [6.07, 6.45) is 3.92. The zero-order valence-electron chi connectivity index (χ0n) is 12.3. The molecule has 0 amide bonds. The molecule has 1 aromatic rings. The highest BCUT2D eigenvalue weighted by Crippen LogP contribution is 2.35. The summed E-state index contributed by atoms with van der Waals surface area (Å²) in [4.78, 5) is 15.2. The number of ether oxygens (including phenoxy) is 1. The highest BCUT2D eigenvalue weighted by atomic mass is 32.2. The topological polar surface area (TPSA) is 64.3 Å². The standard InChI is InChI=1S/C14H22N2O3S/c1-10(2)11-7-15-13(20-8-12(17)18)16(11)14(3)5-4-6-19-9-14/h7,10H,4-6,8-9H2,1-3H3,(H,17,18). The number of nitrogens with zero attached hydrogens (tertiary/aromatic N) is 2. The molecule has 1 saturated heterocycles. The number of aromatic nitrogens is 2. The van der Waals surface area contributed by atoms with E-state index in [9.17, 15) is 4.79 Å². The summed E-state index contributed by atoms with van der Waals surface area (Å²) in [5.74, 6) is -0.438. The third kappa shape index (κ3) is 3.17. The van der Waals surface area contributed by atoms with Gasteiger partial charge in [-0.15, -0.1) is 0 Å². The van der Waals surface area contributed by atoms with E-state index in [2.05, 4.69) is 30.3 Å². The molecule has 0 bridgehead atoms. The van der Waals surface area contributed by atoms with E-state index in [1.807, 2.05) is 6.20 Å². The van der Waals surface area contributed by atoms with Crippen LogP contribution in [0.2, 0.25) is 0 Å². The molecule has 2 rings (SSSR count). The first-order valence-electron chi connectivity index (χ1n) is 6.94. The molecule has 1 atom stereocenters. The van der Waals surface area contributed by atoms with Crippen LogP contribution < -0.4 is 0 Å². The minimum absolute atomic E-state index is 0.0332. The van der Waals surface area contributed by atoms with E-state index in [1.54, 1.807) is 0 Å². The Morgan fingerprint density at radius 2 is 2.40 bits per heavy atom. The number of carboxylic acid groups (broad SMARTS) is 1. The average molecular weight is 298 g/mol. The van der Waals surface area contributed by atoms with Crippen molar-refractivity contribution in [3.63, 3.8) is 0 Å². The van der Waals surface area contributed by atoms with E-state index in [4.69, 9.17) is 9.84 Å². The minimum atomic E-state index is -0.819. The zero-order chi connectivity index (χ0) is 14.8. The lowest BCUT2D eigenvalue weighted by atomic mass is 9.93. The van der Waals surface area contributed by atoms with Crippen molar-refractivity contribution in [1.29, 1.82) is 0 Å². The van der Waals surface area contributed by atoms with Gasteiger partial charge in [-0.05, 0) is 25.7 Å². The van der Waals surface area contributed by atoms with E-state index >= 15 is 0 Å². The quantitative estimate of drug-likeness (QED) is 0.847. The Kier molecular flexibility index (Phi) is 4.75. The Labute approximate surface area is 123 Å². The molecule has 6 heteroatoms. The van der Waals surface area contributed by atoms with Crippen LogP contribution >= 0.6 is 11.8 Å². The summed E-state index contributed by atoms with van der Waals surface area (Å²) in [6.45, 7) is 7.89. The molecule has 112 valence electrons. The van der Waals surface area contributed by atoms with Gasteiger partial charge in [-0.2, -0.15) is 0 Å². The van der Waals surface area contributed by atoms with Crippen molar-refractivity contribution in [1.82, 2.24) is 9.55 Å². The lowest BCUT2D eigenvalue weighted by Gasteiger charge is -2.37. The Bertz CT molecular complexity index is 479. The molecule has 1 fully saturated rings. The summed E-state index contributed by atoms with van der Waals surface area (Å²) in [5, 5.41) is 9.66. The van der Waals surface area contributed by atoms with Gasteiger partial charge < -0.3 is 14.4 Å². The number of hydrogen-bond acceptors (Lipinski definition) is 4. The molecule has 1 aliphatic rings. The van der Waals surface area contributed by atoms with Crippen LogP contribution in [0.1, 0.15) is 45.2 Å². The van der Waals surface area contributed by atoms with E-state index in [-0.39, 0.29) is 11.3 Å². The van der Waals surface area contributed by atoms with Gasteiger partial charge in [0.05, 0.1) is 17.9 Å². The van der Waals surface area contributed by atoms with Gasteiger partial charge in [-0.25, -0.2) is 4.98 Å². The predicted octanol–water partition coefficient (Wildman–Crippen LogP) is 2.71. The first kappa shape index (κ1) is 15.4. The lowest BCUT2D eigenvalue weighted by molar-refractivity contribution is -0.133. The number of hydrogen-bond donors (Lipinski definition) is 1. The monoisotopic (exact) mass is 298 g/mol. The molecule has 1 N–H and O–H groups in total. The molecule has 1 unspecified atom stereocenters. The number of carbonyl (C=O) groups is 1. The molecule has 5 nitrogen and oxygen atoms in total. The second-order valence-electron chi connectivity index (χ2n) is 5.79. The lowest BCUT2D eigenvalue weighted by Crippen LogP contribution is -2.40. The Morgan fingerprint density at radius 3 is 2.95 bits per heavy atom. The van der Waals surface area contributed by atoms with Crippen molar-refractivity contribution in [2.45, 2.75) is 50.2 Å². The summed E-state index contributed by atoms with van der Waals surface area (Å²) < 4.78 is 7.85. The second kappa shape index (κ2) is 6.18. The number of rotatable bonds is 5. The van der Waals surface area contributed by atoms with Crippen LogP contribution in [-0.2, 0) is 15.1 Å². The zero-order valence-corrected chi connectivity index (χ0v) is 13.1. The fraction of sp³-hybridized carbons (Fsp3) is 0.714. The molecular formula is C14H22N2O3S. The number of thioether (sulfide) groups is 1. The summed E-state index contributed by atoms with van der Waals surface area (Å²) in [6, 6.07) is 0. The minimum Gasteiger partial charge on any atom is -0.481 e. The van der Waals surface area contributed by atoms with Crippen molar-refractivity contribution in [2.75, 3.05) is 19.0 Å². The van der Waals surface area contributed by atoms with Crippen molar-refractivity contribution in [2.24, 2.45) is 0 Å². The Morgan fingerprint density at radius 1 is 1.65 bits per heavy atom. The third-order valence-corrected chi connectivity index (χ3v) is 4.57. The highest BCUT2D eigenvalue weighted by molar-refractivity contribution is 7.99. The maximum absolute atomic E-state index is 10.8. The van der Waals surface area contributed by atoms with Crippen LogP contribution in [0.4, 0.5) is 0 Å². The largest absolute Gasteiger partial charge is 0.481 e. The van der Waals surface area contributed by atoms with Gasteiger partial charge in [0, 0.05) is 18.5 Å². The number of carboxylic acids is 1. The molecule has 0 saturated carbocycles. The van der Waals surface area contributed by atoms with Gasteiger partial charge in [-0.3, -0.25) is 4.79 Å².